The molecule has 18 heavy (non-hydrogen) atoms. The van der Waals surface area contributed by atoms with Crippen LogP contribution in [0.1, 0.15) is 18.9 Å². The van der Waals surface area contributed by atoms with Gasteiger partial charge in [0.2, 0.25) is 5.91 Å². The van der Waals surface area contributed by atoms with E-state index in [0.29, 0.717) is 19.4 Å². The van der Waals surface area contributed by atoms with Gasteiger partial charge in [0.1, 0.15) is 5.75 Å². The molecule has 0 saturated heterocycles. The molecule has 0 aromatic heterocycles. The molecular weight excluding hydrogens is 298 g/mol. The van der Waals surface area contributed by atoms with E-state index in [1.807, 2.05) is 18.2 Å². The monoisotopic (exact) mass is 315 g/mol. The maximum absolute atomic E-state index is 11.5. The van der Waals surface area contributed by atoms with E-state index in [1.165, 1.54) is 0 Å². The topological polar surface area (TPSA) is 58.6 Å². The summed E-state index contributed by atoms with van der Waals surface area (Å²) >= 11 is 3.41. The highest BCUT2D eigenvalue weighted by atomic mass is 79.9. The fraction of sp³-hybridized carbons (Fsp3) is 0.462. The second-order valence-corrected chi connectivity index (χ2v) is 4.98. The van der Waals surface area contributed by atoms with Gasteiger partial charge < -0.3 is 15.2 Å². The number of benzene rings is 1. The van der Waals surface area contributed by atoms with Gasteiger partial charge in [-0.25, -0.2) is 0 Å². The van der Waals surface area contributed by atoms with Gasteiger partial charge in [-0.3, -0.25) is 4.79 Å². The minimum Gasteiger partial charge on any atom is -0.496 e. The van der Waals surface area contributed by atoms with Crippen LogP contribution in [0, 0.1) is 0 Å². The predicted octanol–water partition coefficient (Wildman–Crippen LogP) is 1.89. The van der Waals surface area contributed by atoms with Crippen molar-refractivity contribution >= 4 is 21.8 Å². The van der Waals surface area contributed by atoms with Crippen molar-refractivity contribution in [1.82, 2.24) is 5.32 Å². The summed E-state index contributed by atoms with van der Waals surface area (Å²) in [6.07, 6.45) is 0.559. The van der Waals surface area contributed by atoms with E-state index in [0.717, 1.165) is 15.8 Å². The molecule has 0 aliphatic rings. The van der Waals surface area contributed by atoms with Gasteiger partial charge >= 0.3 is 0 Å². The molecule has 1 aromatic carbocycles. The number of ether oxygens (including phenoxy) is 1. The highest BCUT2D eigenvalue weighted by Gasteiger charge is 2.05. The van der Waals surface area contributed by atoms with Gasteiger partial charge in [0.05, 0.1) is 17.7 Å². The smallest absolute Gasteiger partial charge is 0.220 e. The predicted molar refractivity (Wildman–Crippen MR) is 73.7 cm³/mol. The number of methoxy groups -OCH3 is 1. The molecule has 0 heterocycles. The van der Waals surface area contributed by atoms with E-state index in [-0.39, 0.29) is 5.91 Å². The van der Waals surface area contributed by atoms with E-state index in [4.69, 9.17) is 9.84 Å². The average molecular weight is 316 g/mol. The van der Waals surface area contributed by atoms with Crippen LogP contribution in [0.2, 0.25) is 0 Å². The van der Waals surface area contributed by atoms with Gasteiger partial charge in [0.25, 0.3) is 0 Å². The Bertz CT molecular complexity index is 407. The summed E-state index contributed by atoms with van der Waals surface area (Å²) in [7, 11) is 1.61. The Kier molecular flexibility index (Phi) is 6.15. The largest absolute Gasteiger partial charge is 0.496 e. The van der Waals surface area contributed by atoms with Crippen molar-refractivity contribution in [3.63, 3.8) is 0 Å². The Morgan fingerprint density at radius 3 is 2.83 bits per heavy atom. The summed E-state index contributed by atoms with van der Waals surface area (Å²) in [6.45, 7) is 1.94. The van der Waals surface area contributed by atoms with Crippen LogP contribution in [0.5, 0.6) is 5.75 Å². The first-order valence-corrected chi connectivity index (χ1v) is 6.59. The fourth-order valence-electron chi connectivity index (χ4n) is 1.47. The summed E-state index contributed by atoms with van der Waals surface area (Å²) < 4.78 is 6.02. The Morgan fingerprint density at radius 2 is 2.28 bits per heavy atom. The Labute approximate surface area is 115 Å². The molecule has 1 aromatic rings. The first kappa shape index (κ1) is 15.0. The van der Waals surface area contributed by atoms with E-state index in [9.17, 15) is 4.79 Å². The third-order valence-electron chi connectivity index (χ3n) is 2.45. The van der Waals surface area contributed by atoms with Gasteiger partial charge in [0.15, 0.2) is 0 Å². The van der Waals surface area contributed by atoms with Crippen molar-refractivity contribution in [1.29, 1.82) is 0 Å². The molecule has 0 spiro atoms. The number of hydrogen-bond acceptors (Lipinski definition) is 3. The van der Waals surface area contributed by atoms with Crippen LogP contribution in [0.25, 0.3) is 0 Å². The molecule has 0 aliphatic carbocycles. The van der Waals surface area contributed by atoms with Crippen molar-refractivity contribution in [3.05, 3.63) is 28.2 Å². The number of nitrogens with one attached hydrogen (secondary N) is 1. The normalized spacial score (nSPS) is 12.0. The zero-order valence-corrected chi connectivity index (χ0v) is 12.2. The zero-order valence-electron chi connectivity index (χ0n) is 10.6. The van der Waals surface area contributed by atoms with Crippen LogP contribution in [0.4, 0.5) is 0 Å². The summed E-state index contributed by atoms with van der Waals surface area (Å²) in [5, 5.41) is 11.7. The fourth-order valence-corrected chi connectivity index (χ4v) is 2.06. The van der Waals surface area contributed by atoms with Crippen molar-refractivity contribution < 1.29 is 14.6 Å². The maximum Gasteiger partial charge on any atom is 0.220 e. The van der Waals surface area contributed by atoms with Crippen molar-refractivity contribution in [3.8, 4) is 5.75 Å². The molecular formula is C13H18BrNO3. The SMILES string of the molecule is COc1ccc(CCC(=O)NC[C@@H](C)O)cc1Br. The van der Waals surface area contributed by atoms with Crippen molar-refractivity contribution in [2.75, 3.05) is 13.7 Å². The average Bonchev–Trinajstić information content (AvgIpc) is 2.34. The van der Waals surface area contributed by atoms with Crippen molar-refractivity contribution in [2.45, 2.75) is 25.9 Å². The highest BCUT2D eigenvalue weighted by molar-refractivity contribution is 9.10. The lowest BCUT2D eigenvalue weighted by molar-refractivity contribution is -0.121. The van der Waals surface area contributed by atoms with Crippen LogP contribution in [-0.2, 0) is 11.2 Å². The Morgan fingerprint density at radius 1 is 1.56 bits per heavy atom. The molecule has 0 saturated carbocycles. The van der Waals surface area contributed by atoms with Crippen LogP contribution >= 0.6 is 15.9 Å². The number of hydrogen-bond donors (Lipinski definition) is 2. The highest BCUT2D eigenvalue weighted by Crippen LogP contribution is 2.25. The zero-order chi connectivity index (χ0) is 13.5. The molecule has 0 bridgehead atoms. The second kappa shape index (κ2) is 7.38. The molecule has 100 valence electrons. The third kappa shape index (κ3) is 5.06. The van der Waals surface area contributed by atoms with Crippen molar-refractivity contribution in [2.24, 2.45) is 0 Å². The van der Waals surface area contributed by atoms with Crippen LogP contribution in [-0.4, -0.2) is 30.8 Å². The second-order valence-electron chi connectivity index (χ2n) is 4.12. The first-order valence-electron chi connectivity index (χ1n) is 5.80. The van der Waals surface area contributed by atoms with Crippen LogP contribution in [0.15, 0.2) is 22.7 Å². The number of carbonyl (C=O) groups is 1. The molecule has 1 amide bonds. The van der Waals surface area contributed by atoms with Gasteiger partial charge in [-0.1, -0.05) is 6.07 Å². The number of halogens is 1. The molecule has 1 atom stereocenters. The van der Waals surface area contributed by atoms with E-state index in [1.54, 1.807) is 14.0 Å². The molecule has 5 heteroatoms. The van der Waals surface area contributed by atoms with Gasteiger partial charge in [-0.2, -0.15) is 0 Å². The maximum atomic E-state index is 11.5. The molecule has 0 fully saturated rings. The summed E-state index contributed by atoms with van der Waals surface area (Å²) in [5.74, 6) is 0.722. The van der Waals surface area contributed by atoms with E-state index in [2.05, 4.69) is 21.2 Å². The minimum atomic E-state index is -0.510. The number of carbonyl (C=O) groups excluding carboxylic acids is 1. The van der Waals surface area contributed by atoms with E-state index >= 15 is 0 Å². The minimum absolute atomic E-state index is 0.0529. The molecule has 0 unspecified atom stereocenters. The number of aliphatic hydroxyl groups is 1. The lowest BCUT2D eigenvalue weighted by Gasteiger charge is -2.08. The number of amides is 1. The van der Waals surface area contributed by atoms with Gasteiger partial charge in [-0.05, 0) is 47.0 Å². The lowest BCUT2D eigenvalue weighted by Crippen LogP contribution is -2.30. The number of aryl methyl sites for hydroxylation is 1. The van der Waals surface area contributed by atoms with Gasteiger partial charge in [-0.15, -0.1) is 0 Å². The van der Waals surface area contributed by atoms with Crippen LogP contribution in [0.3, 0.4) is 0 Å². The third-order valence-corrected chi connectivity index (χ3v) is 3.07. The molecule has 2 N–H and O–H groups in total. The summed E-state index contributed by atoms with van der Waals surface area (Å²) in [5.41, 5.74) is 1.06. The molecule has 1 rings (SSSR count). The van der Waals surface area contributed by atoms with Gasteiger partial charge in [0, 0.05) is 13.0 Å². The molecule has 4 nitrogen and oxygen atoms in total. The number of rotatable bonds is 6. The summed E-state index contributed by atoms with van der Waals surface area (Å²) in [4.78, 5) is 11.5. The van der Waals surface area contributed by atoms with Crippen LogP contribution < -0.4 is 10.1 Å². The standard InChI is InChI=1S/C13H18BrNO3/c1-9(16)8-15-13(17)6-4-10-3-5-12(18-2)11(14)7-10/h3,5,7,9,16H,4,6,8H2,1-2H3,(H,15,17)/t9-/m1/s1. The first-order chi connectivity index (χ1) is 8.52. The summed E-state index contributed by atoms with van der Waals surface area (Å²) in [6, 6.07) is 5.75. The lowest BCUT2D eigenvalue weighted by atomic mass is 10.1. The quantitative estimate of drug-likeness (QED) is 0.842. The van der Waals surface area contributed by atoms with E-state index < -0.39 is 6.10 Å². The Hall–Kier alpha value is -1.07. The number of aliphatic hydroxyl groups excluding tert-OH is 1. The molecule has 0 radical (unpaired) electrons. The molecule has 0 aliphatic heterocycles. The Balaban J connectivity index is 2.43.